The van der Waals surface area contributed by atoms with Crippen LogP contribution in [-0.4, -0.2) is 37.1 Å². The molecule has 110 valence electrons. The quantitative estimate of drug-likeness (QED) is 0.836. The van der Waals surface area contributed by atoms with Crippen molar-refractivity contribution in [3.63, 3.8) is 0 Å². The van der Waals surface area contributed by atoms with Gasteiger partial charge in [0.1, 0.15) is 0 Å². The molecule has 1 amide bonds. The zero-order chi connectivity index (χ0) is 14.2. The fourth-order valence-corrected chi connectivity index (χ4v) is 3.22. The standard InChI is InChI=1S/C15H22N2O2S/c1-19-10-13-5-3-2-4-12(13)9-17-15(18)8-14-11-20-7-6-16-14/h2-5,14,16H,6-11H2,1H3,(H,17,18). The molecule has 5 heteroatoms. The van der Waals surface area contributed by atoms with Crippen molar-refractivity contribution in [2.24, 2.45) is 0 Å². The highest BCUT2D eigenvalue weighted by Crippen LogP contribution is 2.11. The van der Waals surface area contributed by atoms with Gasteiger partial charge in [0.05, 0.1) is 6.61 Å². The van der Waals surface area contributed by atoms with Gasteiger partial charge in [-0.2, -0.15) is 11.8 Å². The van der Waals surface area contributed by atoms with Gasteiger partial charge in [0.15, 0.2) is 0 Å². The van der Waals surface area contributed by atoms with Crippen LogP contribution in [0.25, 0.3) is 0 Å². The molecule has 0 bridgehead atoms. The van der Waals surface area contributed by atoms with Gasteiger partial charge >= 0.3 is 0 Å². The van der Waals surface area contributed by atoms with Crippen LogP contribution in [0.3, 0.4) is 0 Å². The van der Waals surface area contributed by atoms with Crippen LogP contribution in [0.5, 0.6) is 0 Å². The van der Waals surface area contributed by atoms with Gasteiger partial charge in [-0.3, -0.25) is 4.79 Å². The highest BCUT2D eigenvalue weighted by atomic mass is 32.2. The Morgan fingerprint density at radius 3 is 2.95 bits per heavy atom. The van der Waals surface area contributed by atoms with Crippen LogP contribution in [-0.2, 0) is 22.7 Å². The second-order valence-electron chi connectivity index (χ2n) is 4.91. The molecule has 1 heterocycles. The summed E-state index contributed by atoms with van der Waals surface area (Å²) in [6, 6.07) is 8.35. The molecule has 0 saturated carbocycles. The number of hydrogen-bond acceptors (Lipinski definition) is 4. The molecule has 1 aromatic rings. The third-order valence-corrected chi connectivity index (χ3v) is 4.46. The zero-order valence-corrected chi connectivity index (χ0v) is 12.7. The minimum absolute atomic E-state index is 0.109. The summed E-state index contributed by atoms with van der Waals surface area (Å²) < 4.78 is 5.17. The lowest BCUT2D eigenvalue weighted by molar-refractivity contribution is -0.121. The molecule has 0 spiro atoms. The minimum Gasteiger partial charge on any atom is -0.380 e. The molecule has 1 fully saturated rings. The molecule has 1 unspecified atom stereocenters. The number of carbonyl (C=O) groups is 1. The molecule has 20 heavy (non-hydrogen) atoms. The van der Waals surface area contributed by atoms with E-state index in [2.05, 4.69) is 10.6 Å². The van der Waals surface area contributed by atoms with E-state index in [4.69, 9.17) is 4.74 Å². The summed E-state index contributed by atoms with van der Waals surface area (Å²) in [7, 11) is 1.68. The van der Waals surface area contributed by atoms with Gasteiger partial charge in [0.2, 0.25) is 5.91 Å². The lowest BCUT2D eigenvalue weighted by Crippen LogP contribution is -2.41. The summed E-state index contributed by atoms with van der Waals surface area (Å²) in [4.78, 5) is 12.0. The SMILES string of the molecule is COCc1ccccc1CNC(=O)CC1CSCCN1. The highest BCUT2D eigenvalue weighted by Gasteiger charge is 2.16. The van der Waals surface area contributed by atoms with E-state index in [1.54, 1.807) is 7.11 Å². The summed E-state index contributed by atoms with van der Waals surface area (Å²) in [6.45, 7) is 2.14. The van der Waals surface area contributed by atoms with E-state index in [-0.39, 0.29) is 5.91 Å². The van der Waals surface area contributed by atoms with Crippen LogP contribution in [0.2, 0.25) is 0 Å². The minimum atomic E-state index is 0.109. The van der Waals surface area contributed by atoms with Crippen molar-refractivity contribution in [1.82, 2.24) is 10.6 Å². The number of carbonyl (C=O) groups excluding carboxylic acids is 1. The first kappa shape index (κ1) is 15.4. The van der Waals surface area contributed by atoms with E-state index in [0.29, 0.717) is 25.6 Å². The second kappa shape index (κ2) is 8.29. The van der Waals surface area contributed by atoms with Crippen molar-refractivity contribution in [3.8, 4) is 0 Å². The van der Waals surface area contributed by atoms with E-state index < -0.39 is 0 Å². The number of hydrogen-bond donors (Lipinski definition) is 2. The van der Waals surface area contributed by atoms with E-state index in [0.717, 1.165) is 29.2 Å². The second-order valence-corrected chi connectivity index (χ2v) is 6.06. The van der Waals surface area contributed by atoms with E-state index in [9.17, 15) is 4.79 Å². The molecule has 0 aromatic heterocycles. The summed E-state index contributed by atoms with van der Waals surface area (Å²) in [5.41, 5.74) is 2.25. The van der Waals surface area contributed by atoms with E-state index >= 15 is 0 Å². The molecule has 1 aliphatic rings. The van der Waals surface area contributed by atoms with Crippen LogP contribution < -0.4 is 10.6 Å². The van der Waals surface area contributed by atoms with Crippen molar-refractivity contribution in [1.29, 1.82) is 0 Å². The zero-order valence-electron chi connectivity index (χ0n) is 11.9. The number of nitrogens with one attached hydrogen (secondary N) is 2. The Kier molecular flexibility index (Phi) is 6.36. The molecule has 1 atom stereocenters. The Balaban J connectivity index is 1.80. The molecule has 2 N–H and O–H groups in total. The van der Waals surface area contributed by atoms with Gasteiger partial charge in [0, 0.05) is 44.2 Å². The largest absolute Gasteiger partial charge is 0.380 e. The van der Waals surface area contributed by atoms with Gasteiger partial charge in [-0.15, -0.1) is 0 Å². The number of rotatable bonds is 6. The predicted octanol–water partition coefficient (Wildman–Crippen LogP) is 1.54. The van der Waals surface area contributed by atoms with Crippen LogP contribution in [0.1, 0.15) is 17.5 Å². The molecule has 1 aliphatic heterocycles. The first-order valence-corrected chi connectivity index (χ1v) is 8.08. The van der Waals surface area contributed by atoms with Crippen molar-refractivity contribution >= 4 is 17.7 Å². The topological polar surface area (TPSA) is 50.4 Å². The summed E-state index contributed by atoms with van der Waals surface area (Å²) in [5, 5.41) is 6.38. The molecule has 0 aliphatic carbocycles. The lowest BCUT2D eigenvalue weighted by atomic mass is 10.1. The van der Waals surface area contributed by atoms with Gasteiger partial charge in [-0.05, 0) is 11.1 Å². The predicted molar refractivity (Wildman–Crippen MR) is 82.7 cm³/mol. The molecule has 4 nitrogen and oxygen atoms in total. The number of ether oxygens (including phenoxy) is 1. The molecular formula is C15H22N2O2S. The van der Waals surface area contributed by atoms with Gasteiger partial charge in [-0.25, -0.2) is 0 Å². The van der Waals surface area contributed by atoms with E-state index in [1.807, 2.05) is 36.0 Å². The van der Waals surface area contributed by atoms with Gasteiger partial charge < -0.3 is 15.4 Å². The Morgan fingerprint density at radius 1 is 1.45 bits per heavy atom. The number of benzene rings is 1. The molecule has 2 rings (SSSR count). The average Bonchev–Trinajstić information content (AvgIpc) is 2.48. The fourth-order valence-electron chi connectivity index (χ4n) is 2.27. The third kappa shape index (κ3) is 4.81. The van der Waals surface area contributed by atoms with Crippen molar-refractivity contribution in [3.05, 3.63) is 35.4 Å². The highest BCUT2D eigenvalue weighted by molar-refractivity contribution is 7.99. The van der Waals surface area contributed by atoms with Crippen molar-refractivity contribution in [2.75, 3.05) is 25.2 Å². The summed E-state index contributed by atoms with van der Waals surface area (Å²) >= 11 is 1.91. The first-order valence-electron chi connectivity index (χ1n) is 6.93. The van der Waals surface area contributed by atoms with E-state index in [1.165, 1.54) is 0 Å². The van der Waals surface area contributed by atoms with Crippen LogP contribution in [0.4, 0.5) is 0 Å². The van der Waals surface area contributed by atoms with Gasteiger partial charge in [0.25, 0.3) is 0 Å². The normalized spacial score (nSPS) is 18.8. The lowest BCUT2D eigenvalue weighted by Gasteiger charge is -2.22. The molecular weight excluding hydrogens is 272 g/mol. The molecule has 1 saturated heterocycles. The Hall–Kier alpha value is -1.04. The number of amides is 1. The monoisotopic (exact) mass is 294 g/mol. The fraction of sp³-hybridized carbons (Fsp3) is 0.533. The summed E-state index contributed by atoms with van der Waals surface area (Å²) in [6.07, 6.45) is 0.555. The smallest absolute Gasteiger partial charge is 0.221 e. The Bertz CT molecular complexity index is 434. The van der Waals surface area contributed by atoms with Crippen LogP contribution in [0.15, 0.2) is 24.3 Å². The van der Waals surface area contributed by atoms with Gasteiger partial charge in [-0.1, -0.05) is 24.3 Å². The summed E-state index contributed by atoms with van der Waals surface area (Å²) in [5.74, 6) is 2.27. The number of methoxy groups -OCH3 is 1. The maximum Gasteiger partial charge on any atom is 0.221 e. The molecule has 1 aromatic carbocycles. The Labute approximate surface area is 124 Å². The maximum absolute atomic E-state index is 12.0. The third-order valence-electron chi connectivity index (χ3n) is 3.32. The van der Waals surface area contributed by atoms with Crippen molar-refractivity contribution < 1.29 is 9.53 Å². The van der Waals surface area contributed by atoms with Crippen LogP contribution >= 0.6 is 11.8 Å². The molecule has 0 radical (unpaired) electrons. The number of thioether (sulfide) groups is 1. The average molecular weight is 294 g/mol. The maximum atomic E-state index is 12.0. The first-order chi connectivity index (χ1) is 9.79. The Morgan fingerprint density at radius 2 is 2.25 bits per heavy atom. The van der Waals surface area contributed by atoms with Crippen LogP contribution in [0, 0.1) is 0 Å². The van der Waals surface area contributed by atoms with Crippen molar-refractivity contribution in [2.45, 2.75) is 25.6 Å².